The molecule has 1 saturated heterocycles. The Morgan fingerprint density at radius 3 is 2.38 bits per heavy atom. The first kappa shape index (κ1) is 31.8. The highest BCUT2D eigenvalue weighted by Gasteiger charge is 2.29. The second-order valence-electron chi connectivity index (χ2n) is 9.72. The maximum atomic E-state index is 12.9. The molecule has 11 heteroatoms. The number of hydrogen-bond acceptors (Lipinski definition) is 5. The standard InChI is InChI=1S/C28H35N7O2.2ClH/c1-17-14-18(2)35(34-17)24-10-8-21(9-11-24)23-12-13-31-25(15-23)28(37)33-19(3)27(36)32-16-20-4-6-22(7-5-20)26(29)30;;/h4-11,14,19,23,25,31H,12-13,15-16H2,1-3H3,(H3,29,30)(H,32,36)(H,33,37);2*1H/t19?,23-,25+;;/m0../s1. The van der Waals surface area contributed by atoms with Crippen molar-refractivity contribution in [1.29, 1.82) is 5.41 Å². The summed E-state index contributed by atoms with van der Waals surface area (Å²) in [5.41, 5.74) is 11.3. The number of piperidine rings is 1. The molecule has 0 bridgehead atoms. The van der Waals surface area contributed by atoms with Gasteiger partial charge in [-0.3, -0.25) is 15.0 Å². The number of nitrogens with one attached hydrogen (secondary N) is 4. The number of halogens is 2. The van der Waals surface area contributed by atoms with Gasteiger partial charge in [0.05, 0.1) is 17.4 Å². The Morgan fingerprint density at radius 2 is 1.79 bits per heavy atom. The molecule has 210 valence electrons. The lowest BCUT2D eigenvalue weighted by molar-refractivity contribution is -0.130. The maximum absolute atomic E-state index is 12.9. The number of rotatable bonds is 8. The lowest BCUT2D eigenvalue weighted by Crippen LogP contribution is -2.53. The molecule has 1 fully saturated rings. The van der Waals surface area contributed by atoms with Crippen LogP contribution in [0.4, 0.5) is 0 Å². The normalized spacial score (nSPS) is 17.2. The summed E-state index contributed by atoms with van der Waals surface area (Å²) in [6.07, 6.45) is 1.61. The highest BCUT2D eigenvalue weighted by atomic mass is 35.5. The van der Waals surface area contributed by atoms with Crippen LogP contribution in [-0.2, 0) is 16.1 Å². The van der Waals surface area contributed by atoms with Crippen LogP contribution in [0, 0.1) is 19.3 Å². The Hall–Kier alpha value is -3.40. The van der Waals surface area contributed by atoms with E-state index in [1.807, 2.05) is 30.7 Å². The van der Waals surface area contributed by atoms with Crippen LogP contribution in [0.25, 0.3) is 5.69 Å². The van der Waals surface area contributed by atoms with Crippen LogP contribution in [0.15, 0.2) is 54.6 Å². The van der Waals surface area contributed by atoms with Gasteiger partial charge in [0.15, 0.2) is 0 Å². The smallest absolute Gasteiger partial charge is 0.242 e. The molecule has 2 heterocycles. The molecule has 1 aliphatic rings. The van der Waals surface area contributed by atoms with Crippen molar-refractivity contribution in [1.82, 2.24) is 25.7 Å². The summed E-state index contributed by atoms with van der Waals surface area (Å²) < 4.78 is 1.94. The summed E-state index contributed by atoms with van der Waals surface area (Å²) >= 11 is 0. The molecule has 0 spiro atoms. The Kier molecular flexibility index (Phi) is 11.5. The van der Waals surface area contributed by atoms with Gasteiger partial charge in [0.25, 0.3) is 0 Å². The third kappa shape index (κ3) is 8.05. The molecule has 0 saturated carbocycles. The molecule has 0 radical (unpaired) electrons. The molecule has 1 aliphatic heterocycles. The Bertz CT molecular complexity index is 1280. The van der Waals surface area contributed by atoms with Gasteiger partial charge in [0.1, 0.15) is 11.9 Å². The van der Waals surface area contributed by atoms with Gasteiger partial charge in [0, 0.05) is 17.8 Å². The molecular weight excluding hydrogens is 537 g/mol. The number of benzene rings is 2. The fraction of sp³-hybridized carbons (Fsp3) is 0.357. The third-order valence-corrected chi connectivity index (χ3v) is 6.82. The van der Waals surface area contributed by atoms with Gasteiger partial charge in [-0.2, -0.15) is 5.10 Å². The number of carbonyl (C=O) groups excluding carboxylic acids is 2. The number of aryl methyl sites for hydroxylation is 2. The Morgan fingerprint density at radius 1 is 1.13 bits per heavy atom. The lowest BCUT2D eigenvalue weighted by atomic mass is 9.86. The average molecular weight is 575 g/mol. The zero-order chi connectivity index (χ0) is 26.5. The zero-order valence-corrected chi connectivity index (χ0v) is 24.0. The fourth-order valence-corrected chi connectivity index (χ4v) is 4.72. The number of nitrogens with two attached hydrogens (primary N) is 1. The van der Waals surface area contributed by atoms with E-state index in [1.165, 1.54) is 5.56 Å². The van der Waals surface area contributed by atoms with E-state index >= 15 is 0 Å². The SMILES string of the molecule is Cc1cc(C)n(-c2ccc([C@H]3CCN[C@@H](C(=O)NC(C)C(=O)NCc4ccc(C(=N)N)cc4)C3)cc2)n1.Cl.Cl. The molecule has 2 amide bonds. The summed E-state index contributed by atoms with van der Waals surface area (Å²) in [5, 5.41) is 21.0. The summed E-state index contributed by atoms with van der Waals surface area (Å²) in [4.78, 5) is 25.5. The van der Waals surface area contributed by atoms with E-state index in [9.17, 15) is 9.59 Å². The van der Waals surface area contributed by atoms with E-state index in [0.29, 0.717) is 18.5 Å². The van der Waals surface area contributed by atoms with Crippen molar-refractivity contribution in [2.75, 3.05) is 6.54 Å². The zero-order valence-electron chi connectivity index (χ0n) is 22.4. The largest absolute Gasteiger partial charge is 0.384 e. The van der Waals surface area contributed by atoms with E-state index in [2.05, 4.69) is 51.4 Å². The second-order valence-corrected chi connectivity index (χ2v) is 9.72. The number of aromatic nitrogens is 2. The van der Waals surface area contributed by atoms with Crippen molar-refractivity contribution >= 4 is 42.5 Å². The third-order valence-electron chi connectivity index (χ3n) is 6.82. The van der Waals surface area contributed by atoms with E-state index in [-0.39, 0.29) is 54.4 Å². The minimum Gasteiger partial charge on any atom is -0.384 e. The summed E-state index contributed by atoms with van der Waals surface area (Å²) in [5.74, 6) is -0.163. The molecule has 2 aromatic carbocycles. The molecule has 6 N–H and O–H groups in total. The number of carbonyl (C=O) groups is 2. The molecule has 4 rings (SSSR count). The average Bonchev–Trinajstić information content (AvgIpc) is 3.25. The van der Waals surface area contributed by atoms with Gasteiger partial charge < -0.3 is 21.7 Å². The van der Waals surface area contributed by atoms with E-state index in [4.69, 9.17) is 11.1 Å². The topological polar surface area (TPSA) is 138 Å². The molecule has 1 unspecified atom stereocenters. The molecule has 39 heavy (non-hydrogen) atoms. The van der Waals surface area contributed by atoms with Crippen molar-refractivity contribution < 1.29 is 9.59 Å². The summed E-state index contributed by atoms with van der Waals surface area (Å²) in [6.45, 7) is 6.77. The number of amides is 2. The summed E-state index contributed by atoms with van der Waals surface area (Å²) in [6, 6.07) is 16.5. The van der Waals surface area contributed by atoms with E-state index in [1.54, 1.807) is 19.1 Å². The predicted octanol–water partition coefficient (Wildman–Crippen LogP) is 3.27. The van der Waals surface area contributed by atoms with Crippen molar-refractivity contribution in [2.24, 2.45) is 5.73 Å². The predicted molar refractivity (Wildman–Crippen MR) is 158 cm³/mol. The van der Waals surface area contributed by atoms with Crippen LogP contribution in [0.1, 0.15) is 53.8 Å². The molecule has 0 aliphatic carbocycles. The lowest BCUT2D eigenvalue weighted by Gasteiger charge is -2.30. The minimum absolute atomic E-state index is 0. The van der Waals surface area contributed by atoms with Crippen molar-refractivity contribution in [3.8, 4) is 5.69 Å². The van der Waals surface area contributed by atoms with E-state index < -0.39 is 6.04 Å². The first-order valence-corrected chi connectivity index (χ1v) is 12.6. The Labute approximate surface area is 241 Å². The fourth-order valence-electron chi connectivity index (χ4n) is 4.72. The molecule has 3 atom stereocenters. The second kappa shape index (κ2) is 14.1. The van der Waals surface area contributed by atoms with Crippen LogP contribution in [0.3, 0.4) is 0 Å². The van der Waals surface area contributed by atoms with Gasteiger partial charge in [0.2, 0.25) is 11.8 Å². The maximum Gasteiger partial charge on any atom is 0.242 e. The van der Waals surface area contributed by atoms with Gasteiger partial charge in [-0.05, 0) is 75.4 Å². The van der Waals surface area contributed by atoms with E-state index in [0.717, 1.165) is 35.6 Å². The summed E-state index contributed by atoms with van der Waals surface area (Å²) in [7, 11) is 0. The number of hydrogen-bond donors (Lipinski definition) is 5. The highest BCUT2D eigenvalue weighted by Crippen LogP contribution is 2.28. The molecule has 3 aromatic rings. The van der Waals surface area contributed by atoms with Gasteiger partial charge in [-0.15, -0.1) is 24.8 Å². The first-order chi connectivity index (χ1) is 17.7. The first-order valence-electron chi connectivity index (χ1n) is 12.6. The number of nitrogens with zero attached hydrogens (tertiary/aromatic N) is 2. The van der Waals surface area contributed by atoms with Crippen LogP contribution in [-0.4, -0.2) is 46.1 Å². The van der Waals surface area contributed by atoms with Crippen LogP contribution < -0.4 is 21.7 Å². The van der Waals surface area contributed by atoms with Crippen molar-refractivity contribution in [2.45, 2.75) is 58.2 Å². The monoisotopic (exact) mass is 573 g/mol. The molecular formula is C28H37Cl2N7O2. The molecule has 9 nitrogen and oxygen atoms in total. The number of nitrogen functional groups attached to an aromatic ring is 1. The van der Waals surface area contributed by atoms with Crippen molar-refractivity contribution in [3.05, 3.63) is 82.7 Å². The van der Waals surface area contributed by atoms with Crippen LogP contribution in [0.2, 0.25) is 0 Å². The van der Waals surface area contributed by atoms with Crippen molar-refractivity contribution in [3.63, 3.8) is 0 Å². The number of amidine groups is 1. The van der Waals surface area contributed by atoms with Crippen LogP contribution in [0.5, 0.6) is 0 Å². The van der Waals surface area contributed by atoms with Gasteiger partial charge in [-0.1, -0.05) is 36.4 Å². The van der Waals surface area contributed by atoms with Gasteiger partial charge in [-0.25, -0.2) is 4.68 Å². The van der Waals surface area contributed by atoms with Gasteiger partial charge >= 0.3 is 0 Å². The quantitative estimate of drug-likeness (QED) is 0.208. The molecule has 1 aromatic heterocycles. The Balaban J connectivity index is 0.00000267. The minimum atomic E-state index is -0.661. The van der Waals surface area contributed by atoms with Crippen LogP contribution >= 0.6 is 24.8 Å². The highest BCUT2D eigenvalue weighted by molar-refractivity contribution is 5.95.